The van der Waals surface area contributed by atoms with Gasteiger partial charge in [-0.1, -0.05) is 30.3 Å². The van der Waals surface area contributed by atoms with E-state index in [0.29, 0.717) is 0 Å². The number of nitrogens with zero attached hydrogens (tertiary/aromatic N) is 2. The normalized spacial score (nSPS) is 14.1. The first kappa shape index (κ1) is 20.5. The molecule has 2 rings (SSSR count). The van der Waals surface area contributed by atoms with Gasteiger partial charge < -0.3 is 4.74 Å². The van der Waals surface area contributed by atoms with E-state index in [4.69, 9.17) is 16.3 Å². The van der Waals surface area contributed by atoms with Crippen molar-refractivity contribution in [1.82, 2.24) is 0 Å². The van der Waals surface area contributed by atoms with Gasteiger partial charge in [0.05, 0.1) is 20.6 Å². The molecule has 0 amide bonds. The Kier molecular flexibility index (Phi) is 7.27. The van der Waals surface area contributed by atoms with Crippen molar-refractivity contribution in [1.29, 1.82) is 0 Å². The molecular weight excluding hydrogens is 400 g/mol. The summed E-state index contributed by atoms with van der Waals surface area (Å²) in [6.07, 6.45) is 0. The lowest BCUT2D eigenvalue weighted by Crippen LogP contribution is -2.23. The van der Waals surface area contributed by atoms with Crippen LogP contribution in [0.4, 0.5) is 5.69 Å². The van der Waals surface area contributed by atoms with Gasteiger partial charge in [-0.25, -0.2) is 0 Å². The maximum Gasteiger partial charge on any atom is 0.288 e. The molecule has 0 saturated carbocycles. The Morgan fingerprint density at radius 2 is 1.81 bits per heavy atom. The van der Waals surface area contributed by atoms with Crippen LogP contribution in [-0.2, 0) is 25.5 Å². The van der Waals surface area contributed by atoms with Crippen LogP contribution in [0.5, 0.6) is 0 Å². The molecule has 0 N–H and O–H groups in total. The summed E-state index contributed by atoms with van der Waals surface area (Å²) in [6.45, 7) is 1.99. The molecule has 26 heavy (non-hydrogen) atoms. The van der Waals surface area contributed by atoms with E-state index in [1.165, 1.54) is 30.3 Å². The minimum Gasteiger partial charge on any atom is -0.365 e. The van der Waals surface area contributed by atoms with Crippen molar-refractivity contribution in [3.8, 4) is 0 Å². The van der Waals surface area contributed by atoms with E-state index in [9.17, 15) is 18.5 Å². The third-order valence-electron chi connectivity index (χ3n) is 3.23. The molecule has 7 nitrogen and oxygen atoms in total. The summed E-state index contributed by atoms with van der Waals surface area (Å²) < 4.78 is 34.9. The number of sulfonamides is 1. The van der Waals surface area contributed by atoms with Crippen molar-refractivity contribution in [3.63, 3.8) is 0 Å². The highest BCUT2D eigenvalue weighted by Crippen LogP contribution is 2.28. The molecule has 0 fully saturated rings. The maximum absolute atomic E-state index is 12.7. The highest BCUT2D eigenvalue weighted by molar-refractivity contribution is 8.00. The van der Waals surface area contributed by atoms with Crippen molar-refractivity contribution in [3.05, 3.63) is 64.7 Å². The summed E-state index contributed by atoms with van der Waals surface area (Å²) in [5.41, 5.74) is -1.03. The predicted octanol–water partition coefficient (Wildman–Crippen LogP) is 3.75. The second-order valence-corrected chi connectivity index (χ2v) is 8.86. The minimum absolute atomic E-state index is 0.000838. The number of benzene rings is 2. The van der Waals surface area contributed by atoms with E-state index in [2.05, 4.69) is 3.77 Å². The van der Waals surface area contributed by atoms with Gasteiger partial charge in [-0.15, -0.1) is 15.4 Å². The monoisotopic (exact) mass is 416 g/mol. The van der Waals surface area contributed by atoms with E-state index in [1.54, 1.807) is 31.2 Å². The molecule has 0 unspecified atom stereocenters. The fraction of sp³-hybridized carbons (Fsp3) is 0.250. The number of ether oxygens (including phenoxy) is 1. The highest BCUT2D eigenvalue weighted by Gasteiger charge is 2.26. The lowest BCUT2D eigenvalue weighted by atomic mass is 10.3. The predicted molar refractivity (Wildman–Crippen MR) is 101 cm³/mol. The van der Waals surface area contributed by atoms with E-state index < -0.39 is 31.1 Å². The minimum atomic E-state index is -4.05. The third kappa shape index (κ3) is 4.88. The molecule has 10 heteroatoms. The molecule has 0 aliphatic carbocycles. The maximum atomic E-state index is 12.7. The number of nitro groups is 1. The standard InChI is InChI=1S/C16H17ClN2O5S2/c1-2-24-16(12-17)25(15-11-7-6-10-14(15)19(20)21)18-26(22,23)13-8-4-3-5-9-13/h3-11,16H,2,12H2,1H3/t16-,25-/m0/s1. The summed E-state index contributed by atoms with van der Waals surface area (Å²) >= 11 is 5.96. The molecule has 2 aromatic rings. The van der Waals surface area contributed by atoms with Gasteiger partial charge in [0, 0.05) is 12.7 Å². The summed E-state index contributed by atoms with van der Waals surface area (Å²) in [4.78, 5) is 11.0. The second-order valence-electron chi connectivity index (χ2n) is 4.94. The molecule has 0 bridgehead atoms. The molecule has 0 aliphatic heterocycles. The lowest BCUT2D eigenvalue weighted by Gasteiger charge is -2.18. The van der Waals surface area contributed by atoms with Gasteiger partial charge >= 0.3 is 0 Å². The molecule has 0 aromatic heterocycles. The first-order valence-corrected chi connectivity index (χ1v) is 10.8. The zero-order chi connectivity index (χ0) is 19.2. The first-order valence-electron chi connectivity index (χ1n) is 7.58. The molecule has 0 saturated heterocycles. The number of para-hydroxylation sites is 1. The first-order chi connectivity index (χ1) is 12.4. The van der Waals surface area contributed by atoms with Gasteiger partial charge in [-0.2, -0.15) is 8.42 Å². The Balaban J connectivity index is 2.68. The summed E-state index contributed by atoms with van der Waals surface area (Å²) in [6, 6.07) is 13.5. The average molecular weight is 417 g/mol. The second kappa shape index (κ2) is 9.22. The molecule has 0 heterocycles. The van der Waals surface area contributed by atoms with E-state index >= 15 is 0 Å². The van der Waals surface area contributed by atoms with Crippen LogP contribution in [0.15, 0.2) is 68.2 Å². The topological polar surface area (TPSA) is 98.9 Å². The van der Waals surface area contributed by atoms with Crippen molar-refractivity contribution < 1.29 is 18.1 Å². The SMILES string of the molecule is CCO[C@H](CCl)[S@@](=NS(=O)(=O)c1ccccc1)c1ccccc1[N+](=O)[O-]. The van der Waals surface area contributed by atoms with Crippen LogP contribution < -0.4 is 0 Å². The number of hydrogen-bond acceptors (Lipinski definition) is 5. The molecule has 2 aromatic carbocycles. The Morgan fingerprint density at radius 1 is 1.19 bits per heavy atom. The quantitative estimate of drug-likeness (QED) is 0.370. The van der Waals surface area contributed by atoms with Crippen LogP contribution in [0.25, 0.3) is 0 Å². The van der Waals surface area contributed by atoms with Gasteiger partial charge in [-0.05, 0) is 35.8 Å². The number of hydrogen-bond donors (Lipinski definition) is 0. The zero-order valence-electron chi connectivity index (χ0n) is 13.8. The summed E-state index contributed by atoms with van der Waals surface area (Å²) in [7, 11) is -5.53. The Hall–Kier alpha value is -1.81. The van der Waals surface area contributed by atoms with Gasteiger partial charge in [0.1, 0.15) is 5.44 Å². The number of nitro benzene ring substituents is 1. The zero-order valence-corrected chi connectivity index (χ0v) is 16.2. The Morgan fingerprint density at radius 3 is 2.38 bits per heavy atom. The summed E-state index contributed by atoms with van der Waals surface area (Å²) in [5.74, 6) is -0.0587. The molecular formula is C16H17ClN2O5S2. The van der Waals surface area contributed by atoms with Crippen molar-refractivity contribution in [2.75, 3.05) is 12.5 Å². The Bertz CT molecular complexity index is 904. The smallest absolute Gasteiger partial charge is 0.288 e. The van der Waals surface area contributed by atoms with E-state index in [-0.39, 0.29) is 28.0 Å². The van der Waals surface area contributed by atoms with Crippen LogP contribution in [0, 0.1) is 10.1 Å². The van der Waals surface area contributed by atoms with Crippen molar-refractivity contribution in [2.24, 2.45) is 3.77 Å². The fourth-order valence-electron chi connectivity index (χ4n) is 2.11. The van der Waals surface area contributed by atoms with E-state index in [1.807, 2.05) is 0 Å². The third-order valence-corrected chi connectivity index (χ3v) is 7.59. The molecule has 140 valence electrons. The highest BCUT2D eigenvalue weighted by atomic mass is 35.5. The average Bonchev–Trinajstić information content (AvgIpc) is 2.65. The van der Waals surface area contributed by atoms with E-state index in [0.717, 1.165) is 0 Å². The van der Waals surface area contributed by atoms with Crippen LogP contribution in [0.1, 0.15) is 6.92 Å². The summed E-state index contributed by atoms with van der Waals surface area (Å²) in [5, 5.41) is 11.4. The van der Waals surface area contributed by atoms with Crippen LogP contribution in [0.2, 0.25) is 0 Å². The number of alkyl halides is 1. The van der Waals surface area contributed by atoms with Gasteiger partial charge in [0.15, 0.2) is 0 Å². The number of halogens is 1. The molecule has 0 spiro atoms. The van der Waals surface area contributed by atoms with Crippen molar-refractivity contribution >= 4 is 38.0 Å². The Labute approximate surface area is 159 Å². The van der Waals surface area contributed by atoms with Crippen LogP contribution in [-0.4, -0.2) is 31.3 Å². The lowest BCUT2D eigenvalue weighted by molar-refractivity contribution is -0.387. The molecule has 0 radical (unpaired) electrons. The van der Waals surface area contributed by atoms with Gasteiger partial charge in [-0.3, -0.25) is 10.1 Å². The largest absolute Gasteiger partial charge is 0.365 e. The van der Waals surface area contributed by atoms with Gasteiger partial charge in [0.2, 0.25) is 0 Å². The van der Waals surface area contributed by atoms with Crippen LogP contribution >= 0.6 is 11.6 Å². The van der Waals surface area contributed by atoms with Gasteiger partial charge in [0.25, 0.3) is 15.7 Å². The van der Waals surface area contributed by atoms with Crippen LogP contribution in [0.3, 0.4) is 0 Å². The van der Waals surface area contributed by atoms with Crippen molar-refractivity contribution in [2.45, 2.75) is 22.2 Å². The fourth-order valence-corrected chi connectivity index (χ4v) is 6.20. The number of rotatable bonds is 8. The molecule has 0 aliphatic rings. The molecule has 2 atom stereocenters.